The number of piperazine rings is 1. The Labute approximate surface area is 138 Å². The van der Waals surface area contributed by atoms with Crippen LogP contribution in [0.3, 0.4) is 0 Å². The van der Waals surface area contributed by atoms with Gasteiger partial charge in [-0.2, -0.15) is 0 Å². The van der Waals surface area contributed by atoms with Gasteiger partial charge < -0.3 is 15.1 Å². The van der Waals surface area contributed by atoms with Gasteiger partial charge in [0.1, 0.15) is 5.82 Å². The first-order valence-corrected chi connectivity index (χ1v) is 8.70. The molecule has 0 unspecified atom stereocenters. The summed E-state index contributed by atoms with van der Waals surface area (Å²) in [6.45, 7) is 8.56. The fraction of sp³-hybridized carbons (Fsp3) is 0.647. The summed E-state index contributed by atoms with van der Waals surface area (Å²) < 4.78 is 0. The van der Waals surface area contributed by atoms with Crippen LogP contribution in [0.4, 0.5) is 5.82 Å². The molecule has 1 amide bonds. The van der Waals surface area contributed by atoms with Gasteiger partial charge in [0.05, 0.1) is 0 Å². The minimum absolute atomic E-state index is 0.306. The van der Waals surface area contributed by atoms with E-state index in [0.29, 0.717) is 12.3 Å². The normalized spacial score (nSPS) is 20.3. The highest BCUT2D eigenvalue weighted by atomic mass is 16.2. The van der Waals surface area contributed by atoms with Gasteiger partial charge in [0.25, 0.3) is 0 Å². The highest BCUT2D eigenvalue weighted by Gasteiger charge is 2.20. The second-order valence-corrected chi connectivity index (χ2v) is 6.25. The number of nitrogens with zero attached hydrogens (tertiary/aromatic N) is 4. The number of amides is 1. The van der Waals surface area contributed by atoms with Gasteiger partial charge in [-0.3, -0.25) is 9.69 Å². The minimum Gasteiger partial charge on any atom is -0.354 e. The Kier molecular flexibility index (Phi) is 5.82. The SMILES string of the molecule is O=C(CCN1CCN(c2ccccn2)CC1)N1CCCNCC1. The van der Waals surface area contributed by atoms with Crippen LogP contribution in [0.1, 0.15) is 12.8 Å². The molecule has 0 aliphatic carbocycles. The molecule has 1 aromatic heterocycles. The number of hydrogen-bond acceptors (Lipinski definition) is 5. The topological polar surface area (TPSA) is 51.7 Å². The maximum atomic E-state index is 12.3. The number of pyridine rings is 1. The summed E-state index contributed by atoms with van der Waals surface area (Å²) in [5.41, 5.74) is 0. The van der Waals surface area contributed by atoms with Crippen LogP contribution in [-0.4, -0.2) is 79.6 Å². The molecule has 3 heterocycles. The van der Waals surface area contributed by atoms with Crippen molar-refractivity contribution in [3.05, 3.63) is 24.4 Å². The third kappa shape index (κ3) is 4.65. The van der Waals surface area contributed by atoms with Crippen LogP contribution in [0.5, 0.6) is 0 Å². The molecule has 126 valence electrons. The van der Waals surface area contributed by atoms with Crippen LogP contribution in [-0.2, 0) is 4.79 Å². The maximum absolute atomic E-state index is 12.3. The van der Waals surface area contributed by atoms with Crippen LogP contribution < -0.4 is 10.2 Å². The van der Waals surface area contributed by atoms with E-state index in [-0.39, 0.29) is 0 Å². The molecule has 1 N–H and O–H groups in total. The first-order chi connectivity index (χ1) is 11.3. The Morgan fingerprint density at radius 2 is 1.96 bits per heavy atom. The van der Waals surface area contributed by atoms with Crippen molar-refractivity contribution >= 4 is 11.7 Å². The van der Waals surface area contributed by atoms with E-state index < -0.39 is 0 Å². The lowest BCUT2D eigenvalue weighted by atomic mass is 10.2. The number of rotatable bonds is 4. The predicted octanol–water partition coefficient (Wildman–Crippen LogP) is 0.416. The fourth-order valence-electron chi connectivity index (χ4n) is 3.25. The third-order valence-electron chi connectivity index (χ3n) is 4.68. The first kappa shape index (κ1) is 16.2. The Balaban J connectivity index is 1.39. The largest absolute Gasteiger partial charge is 0.354 e. The van der Waals surface area contributed by atoms with Crippen molar-refractivity contribution in [2.24, 2.45) is 0 Å². The third-order valence-corrected chi connectivity index (χ3v) is 4.68. The highest BCUT2D eigenvalue weighted by molar-refractivity contribution is 5.76. The molecule has 0 spiro atoms. The molecule has 2 fully saturated rings. The predicted molar refractivity (Wildman–Crippen MR) is 91.6 cm³/mol. The Bertz CT molecular complexity index is 479. The average Bonchev–Trinajstić information content (AvgIpc) is 2.90. The molecule has 6 nitrogen and oxygen atoms in total. The molecule has 0 atom stereocenters. The van der Waals surface area contributed by atoms with Gasteiger partial charge in [-0.15, -0.1) is 0 Å². The molecule has 0 aromatic carbocycles. The summed E-state index contributed by atoms with van der Waals surface area (Å²) in [5.74, 6) is 1.36. The van der Waals surface area contributed by atoms with E-state index in [9.17, 15) is 4.79 Å². The molecule has 0 saturated carbocycles. The van der Waals surface area contributed by atoms with Gasteiger partial charge in [0.15, 0.2) is 0 Å². The second kappa shape index (κ2) is 8.26. The molecule has 2 aliphatic heterocycles. The van der Waals surface area contributed by atoms with Crippen molar-refractivity contribution in [2.45, 2.75) is 12.8 Å². The van der Waals surface area contributed by atoms with Crippen LogP contribution in [0, 0.1) is 0 Å². The van der Waals surface area contributed by atoms with E-state index >= 15 is 0 Å². The number of carbonyl (C=O) groups excluding carboxylic acids is 1. The van der Waals surface area contributed by atoms with Crippen molar-refractivity contribution in [3.8, 4) is 0 Å². The highest BCUT2D eigenvalue weighted by Crippen LogP contribution is 2.12. The Morgan fingerprint density at radius 3 is 2.74 bits per heavy atom. The van der Waals surface area contributed by atoms with Gasteiger partial charge in [0, 0.05) is 65.0 Å². The summed E-state index contributed by atoms with van der Waals surface area (Å²) in [6, 6.07) is 6.04. The van der Waals surface area contributed by atoms with E-state index in [4.69, 9.17) is 0 Å². The Morgan fingerprint density at radius 1 is 1.09 bits per heavy atom. The van der Waals surface area contributed by atoms with Crippen molar-refractivity contribution in [2.75, 3.05) is 63.8 Å². The zero-order valence-electron chi connectivity index (χ0n) is 13.8. The van der Waals surface area contributed by atoms with E-state index in [1.807, 2.05) is 23.2 Å². The number of hydrogen-bond donors (Lipinski definition) is 1. The number of carbonyl (C=O) groups is 1. The van der Waals surface area contributed by atoms with Gasteiger partial charge in [-0.05, 0) is 25.1 Å². The van der Waals surface area contributed by atoms with E-state index in [1.54, 1.807) is 0 Å². The van der Waals surface area contributed by atoms with E-state index in [2.05, 4.69) is 26.2 Å². The van der Waals surface area contributed by atoms with Gasteiger partial charge in [0.2, 0.25) is 5.91 Å². The van der Waals surface area contributed by atoms with Crippen LogP contribution in [0.2, 0.25) is 0 Å². The lowest BCUT2D eigenvalue weighted by molar-refractivity contribution is -0.131. The number of aromatic nitrogens is 1. The van der Waals surface area contributed by atoms with Crippen LogP contribution in [0.25, 0.3) is 0 Å². The van der Waals surface area contributed by atoms with E-state index in [0.717, 1.165) is 71.1 Å². The molecule has 0 radical (unpaired) electrons. The molecule has 23 heavy (non-hydrogen) atoms. The monoisotopic (exact) mass is 317 g/mol. The van der Waals surface area contributed by atoms with Crippen LogP contribution in [0.15, 0.2) is 24.4 Å². The molecule has 2 aliphatic rings. The maximum Gasteiger partial charge on any atom is 0.223 e. The molecular weight excluding hydrogens is 290 g/mol. The quantitative estimate of drug-likeness (QED) is 0.872. The average molecular weight is 317 g/mol. The minimum atomic E-state index is 0.306. The summed E-state index contributed by atoms with van der Waals surface area (Å²) in [6.07, 6.45) is 3.55. The zero-order chi connectivity index (χ0) is 15.9. The van der Waals surface area contributed by atoms with E-state index in [1.165, 1.54) is 0 Å². The van der Waals surface area contributed by atoms with Crippen molar-refractivity contribution in [1.82, 2.24) is 20.1 Å². The molecule has 1 aromatic rings. The lowest BCUT2D eigenvalue weighted by Crippen LogP contribution is -2.47. The molecule has 0 bridgehead atoms. The standard InChI is InChI=1S/C17H27N5O/c23-17(22-9-3-6-18-8-11-22)5-10-20-12-14-21(15-13-20)16-4-1-2-7-19-16/h1-2,4,7,18H,3,5-6,8-15H2. The molecule has 2 saturated heterocycles. The lowest BCUT2D eigenvalue weighted by Gasteiger charge is -2.35. The first-order valence-electron chi connectivity index (χ1n) is 8.70. The summed E-state index contributed by atoms with van der Waals surface area (Å²) >= 11 is 0. The Hall–Kier alpha value is -1.66. The van der Waals surface area contributed by atoms with Gasteiger partial charge in [-0.25, -0.2) is 4.98 Å². The van der Waals surface area contributed by atoms with Gasteiger partial charge >= 0.3 is 0 Å². The van der Waals surface area contributed by atoms with Gasteiger partial charge in [-0.1, -0.05) is 6.07 Å². The molecular formula is C17H27N5O. The van der Waals surface area contributed by atoms with Crippen molar-refractivity contribution in [1.29, 1.82) is 0 Å². The smallest absolute Gasteiger partial charge is 0.223 e. The van der Waals surface area contributed by atoms with Crippen molar-refractivity contribution < 1.29 is 4.79 Å². The fourth-order valence-corrected chi connectivity index (χ4v) is 3.25. The number of anilines is 1. The summed E-state index contributed by atoms with van der Waals surface area (Å²) in [4.78, 5) is 23.5. The summed E-state index contributed by atoms with van der Waals surface area (Å²) in [7, 11) is 0. The molecule has 6 heteroatoms. The summed E-state index contributed by atoms with van der Waals surface area (Å²) in [5, 5.41) is 3.34. The molecule has 3 rings (SSSR count). The second-order valence-electron chi connectivity index (χ2n) is 6.25. The van der Waals surface area contributed by atoms with Crippen LogP contribution >= 0.6 is 0 Å². The number of nitrogens with one attached hydrogen (secondary N) is 1. The van der Waals surface area contributed by atoms with Crippen molar-refractivity contribution in [3.63, 3.8) is 0 Å². The zero-order valence-corrected chi connectivity index (χ0v) is 13.8.